The van der Waals surface area contributed by atoms with Gasteiger partial charge in [0.05, 0.1) is 18.4 Å². The number of nitrogens with zero attached hydrogens (tertiary/aromatic N) is 1. The van der Waals surface area contributed by atoms with Crippen molar-refractivity contribution in [2.24, 2.45) is 23.5 Å². The summed E-state index contributed by atoms with van der Waals surface area (Å²) in [6, 6.07) is 0. The Morgan fingerprint density at radius 3 is 2.29 bits per heavy atom. The van der Waals surface area contributed by atoms with Crippen molar-refractivity contribution < 1.29 is 19.5 Å². The summed E-state index contributed by atoms with van der Waals surface area (Å²) in [6.07, 6.45) is 7.37. The molecule has 0 unspecified atom stereocenters. The number of primary amides is 1. The molecule has 0 spiro atoms. The number of amides is 2. The van der Waals surface area contributed by atoms with Crippen molar-refractivity contribution in [2.75, 3.05) is 13.1 Å². The SMILES string of the molecule is NC(=O)CN(CCC1CCCCC1)C(=O)[C@@H]1C[C@@H]1C(=O)O. The molecule has 21 heavy (non-hydrogen) atoms. The number of rotatable bonds is 7. The van der Waals surface area contributed by atoms with E-state index in [4.69, 9.17) is 10.8 Å². The molecule has 2 saturated carbocycles. The number of aliphatic carboxylic acids is 1. The lowest BCUT2D eigenvalue weighted by Crippen LogP contribution is -2.41. The van der Waals surface area contributed by atoms with Crippen LogP contribution in [0.25, 0.3) is 0 Å². The topological polar surface area (TPSA) is 101 Å². The van der Waals surface area contributed by atoms with Crippen molar-refractivity contribution in [3.63, 3.8) is 0 Å². The number of carboxylic acid groups (broad SMARTS) is 1. The fraction of sp³-hybridized carbons (Fsp3) is 0.800. The summed E-state index contributed by atoms with van der Waals surface area (Å²) in [5, 5.41) is 8.91. The van der Waals surface area contributed by atoms with Crippen LogP contribution in [0.4, 0.5) is 0 Å². The number of hydrogen-bond donors (Lipinski definition) is 2. The number of hydrogen-bond acceptors (Lipinski definition) is 3. The van der Waals surface area contributed by atoms with Crippen LogP contribution in [0.15, 0.2) is 0 Å². The highest BCUT2D eigenvalue weighted by Crippen LogP contribution is 2.40. The van der Waals surface area contributed by atoms with Gasteiger partial charge in [0.15, 0.2) is 0 Å². The highest BCUT2D eigenvalue weighted by Gasteiger charge is 2.49. The second-order valence-corrected chi connectivity index (χ2v) is 6.31. The monoisotopic (exact) mass is 296 g/mol. The molecule has 0 bridgehead atoms. The molecule has 0 aromatic carbocycles. The predicted molar refractivity (Wildman–Crippen MR) is 76.2 cm³/mol. The van der Waals surface area contributed by atoms with Crippen molar-refractivity contribution in [3.05, 3.63) is 0 Å². The van der Waals surface area contributed by atoms with E-state index in [9.17, 15) is 14.4 Å². The van der Waals surface area contributed by atoms with Gasteiger partial charge in [-0.15, -0.1) is 0 Å². The van der Waals surface area contributed by atoms with Crippen LogP contribution >= 0.6 is 0 Å². The molecule has 0 saturated heterocycles. The zero-order valence-corrected chi connectivity index (χ0v) is 12.3. The summed E-state index contributed by atoms with van der Waals surface area (Å²) < 4.78 is 0. The molecule has 2 aliphatic carbocycles. The largest absolute Gasteiger partial charge is 0.481 e. The van der Waals surface area contributed by atoms with Crippen molar-refractivity contribution in [1.29, 1.82) is 0 Å². The van der Waals surface area contributed by atoms with Crippen LogP contribution in [0.5, 0.6) is 0 Å². The molecule has 0 aliphatic heterocycles. The highest BCUT2D eigenvalue weighted by molar-refractivity contribution is 5.91. The summed E-state index contributed by atoms with van der Waals surface area (Å²) >= 11 is 0. The Morgan fingerprint density at radius 2 is 1.76 bits per heavy atom. The van der Waals surface area contributed by atoms with E-state index in [1.54, 1.807) is 0 Å². The third-order valence-electron chi connectivity index (χ3n) is 4.62. The van der Waals surface area contributed by atoms with Gasteiger partial charge in [0.25, 0.3) is 0 Å². The van der Waals surface area contributed by atoms with E-state index in [-0.39, 0.29) is 12.5 Å². The van der Waals surface area contributed by atoms with E-state index < -0.39 is 23.7 Å². The van der Waals surface area contributed by atoms with Gasteiger partial charge in [0.2, 0.25) is 11.8 Å². The minimum atomic E-state index is -0.931. The first-order valence-electron chi connectivity index (χ1n) is 7.79. The quantitative estimate of drug-likeness (QED) is 0.731. The van der Waals surface area contributed by atoms with Crippen molar-refractivity contribution in [3.8, 4) is 0 Å². The molecule has 118 valence electrons. The zero-order chi connectivity index (χ0) is 15.4. The molecule has 3 N–H and O–H groups in total. The average Bonchev–Trinajstić information content (AvgIpc) is 3.24. The molecule has 2 rings (SSSR count). The molecule has 2 aliphatic rings. The van der Waals surface area contributed by atoms with Gasteiger partial charge in [0, 0.05) is 6.54 Å². The lowest BCUT2D eigenvalue weighted by Gasteiger charge is -2.26. The molecule has 0 heterocycles. The standard InChI is InChI=1S/C15H24N2O4/c16-13(18)9-17(7-6-10-4-2-1-3-5-10)14(19)11-8-12(11)15(20)21/h10-12H,1-9H2,(H2,16,18)(H,20,21)/t11-,12+/m1/s1. The van der Waals surface area contributed by atoms with E-state index in [0.717, 1.165) is 6.42 Å². The minimum Gasteiger partial charge on any atom is -0.481 e. The van der Waals surface area contributed by atoms with Crippen LogP contribution in [-0.2, 0) is 14.4 Å². The van der Waals surface area contributed by atoms with Gasteiger partial charge in [-0.05, 0) is 18.8 Å². The minimum absolute atomic E-state index is 0.103. The van der Waals surface area contributed by atoms with E-state index in [0.29, 0.717) is 18.9 Å². The van der Waals surface area contributed by atoms with Crippen LogP contribution in [0.3, 0.4) is 0 Å². The molecule has 0 aromatic rings. The fourth-order valence-corrected chi connectivity index (χ4v) is 3.24. The van der Waals surface area contributed by atoms with Gasteiger partial charge in [-0.1, -0.05) is 32.1 Å². The average molecular weight is 296 g/mol. The third kappa shape index (κ3) is 4.44. The van der Waals surface area contributed by atoms with Crippen molar-refractivity contribution >= 4 is 17.8 Å². The molecule has 6 heteroatoms. The van der Waals surface area contributed by atoms with Gasteiger partial charge in [-0.3, -0.25) is 14.4 Å². The van der Waals surface area contributed by atoms with Crippen molar-refractivity contribution in [2.45, 2.75) is 44.9 Å². The van der Waals surface area contributed by atoms with E-state index in [2.05, 4.69) is 0 Å². The van der Waals surface area contributed by atoms with Crippen LogP contribution in [-0.4, -0.2) is 40.9 Å². The molecule has 2 atom stereocenters. The van der Waals surface area contributed by atoms with E-state index in [1.165, 1.54) is 37.0 Å². The summed E-state index contributed by atoms with van der Waals surface area (Å²) in [5.41, 5.74) is 5.21. The van der Waals surface area contributed by atoms with Gasteiger partial charge >= 0.3 is 5.97 Å². The summed E-state index contributed by atoms with van der Waals surface area (Å²) in [6.45, 7) is 0.406. The summed E-state index contributed by atoms with van der Waals surface area (Å²) in [4.78, 5) is 35.7. The molecule has 6 nitrogen and oxygen atoms in total. The lowest BCUT2D eigenvalue weighted by atomic mass is 9.87. The van der Waals surface area contributed by atoms with Gasteiger partial charge < -0.3 is 15.7 Å². The Morgan fingerprint density at radius 1 is 1.10 bits per heavy atom. The zero-order valence-electron chi connectivity index (χ0n) is 12.3. The maximum Gasteiger partial charge on any atom is 0.307 e. The Hall–Kier alpha value is -1.59. The molecule has 0 radical (unpaired) electrons. The normalized spacial score (nSPS) is 25.3. The Balaban J connectivity index is 1.86. The first-order chi connectivity index (χ1) is 9.99. The maximum absolute atomic E-state index is 12.3. The van der Waals surface area contributed by atoms with Crippen molar-refractivity contribution in [1.82, 2.24) is 4.90 Å². The van der Waals surface area contributed by atoms with Gasteiger partial charge in [-0.2, -0.15) is 0 Å². The van der Waals surface area contributed by atoms with Crippen LogP contribution < -0.4 is 5.73 Å². The Kier molecular flexibility index (Phi) is 5.20. The summed E-state index contributed by atoms with van der Waals surface area (Å²) in [5.74, 6) is -2.14. The second kappa shape index (κ2) is 6.91. The number of carboxylic acids is 1. The van der Waals surface area contributed by atoms with Gasteiger partial charge in [0.1, 0.15) is 0 Å². The third-order valence-corrected chi connectivity index (χ3v) is 4.62. The molecule has 2 fully saturated rings. The second-order valence-electron chi connectivity index (χ2n) is 6.31. The van der Waals surface area contributed by atoms with E-state index >= 15 is 0 Å². The van der Waals surface area contributed by atoms with Crippen LogP contribution in [0.2, 0.25) is 0 Å². The first-order valence-corrected chi connectivity index (χ1v) is 7.79. The van der Waals surface area contributed by atoms with Crippen LogP contribution in [0, 0.1) is 17.8 Å². The van der Waals surface area contributed by atoms with Crippen LogP contribution in [0.1, 0.15) is 44.9 Å². The highest BCUT2D eigenvalue weighted by atomic mass is 16.4. The molecule has 2 amide bonds. The molecule has 0 aromatic heterocycles. The lowest BCUT2D eigenvalue weighted by molar-refractivity contribution is -0.142. The Bertz CT molecular complexity index is 418. The molecular weight excluding hydrogens is 272 g/mol. The van der Waals surface area contributed by atoms with E-state index in [1.807, 2.05) is 0 Å². The van der Waals surface area contributed by atoms with Gasteiger partial charge in [-0.25, -0.2) is 0 Å². The number of carbonyl (C=O) groups is 3. The summed E-state index contributed by atoms with van der Waals surface area (Å²) in [7, 11) is 0. The Labute approximate surface area is 124 Å². The number of nitrogens with two attached hydrogens (primary N) is 1. The first kappa shape index (κ1) is 15.8. The predicted octanol–water partition coefficient (Wildman–Crippen LogP) is 0.991. The smallest absolute Gasteiger partial charge is 0.307 e. The fourth-order valence-electron chi connectivity index (χ4n) is 3.24. The maximum atomic E-state index is 12.3. The number of carbonyl (C=O) groups excluding carboxylic acids is 2. The molecular formula is C15H24N2O4.